The van der Waals surface area contributed by atoms with Gasteiger partial charge in [0.05, 0.1) is 12.2 Å². The van der Waals surface area contributed by atoms with E-state index in [0.29, 0.717) is 13.2 Å². The fraction of sp³-hybridized carbons (Fsp3) is 0.846. The average Bonchev–Trinajstić information content (AvgIpc) is 2.21. The number of rotatable bonds is 8. The summed E-state index contributed by atoms with van der Waals surface area (Å²) in [4.78, 5) is 23.6. The van der Waals surface area contributed by atoms with E-state index in [1.165, 1.54) is 0 Å². The van der Waals surface area contributed by atoms with Crippen LogP contribution in [0.25, 0.3) is 0 Å². The molecule has 0 atom stereocenters. The van der Waals surface area contributed by atoms with Crippen LogP contribution in [-0.4, -0.2) is 37.4 Å². The molecule has 0 aromatic carbocycles. The first-order valence-corrected chi connectivity index (χ1v) is 6.37. The molecule has 0 aliphatic heterocycles. The molecule has 18 heavy (non-hydrogen) atoms. The summed E-state index contributed by atoms with van der Waals surface area (Å²) in [6.07, 6.45) is -0.219. The van der Waals surface area contributed by atoms with Crippen LogP contribution in [0.1, 0.15) is 41.0 Å². The van der Waals surface area contributed by atoms with Gasteiger partial charge in [-0.05, 0) is 41.0 Å². The van der Waals surface area contributed by atoms with Crippen LogP contribution in [0.3, 0.4) is 0 Å². The molecular formula is C13H24O5. The molecule has 0 N–H and O–H groups in total. The molecule has 0 spiro atoms. The number of hydrogen-bond donors (Lipinski definition) is 0. The van der Waals surface area contributed by atoms with Gasteiger partial charge in [0.1, 0.15) is 0 Å². The van der Waals surface area contributed by atoms with Crippen LogP contribution in [0, 0.1) is 5.92 Å². The maximum absolute atomic E-state index is 11.8. The van der Waals surface area contributed by atoms with Crippen molar-refractivity contribution in [3.8, 4) is 0 Å². The van der Waals surface area contributed by atoms with Gasteiger partial charge < -0.3 is 14.2 Å². The largest absolute Gasteiger partial charge is 0.462 e. The summed E-state index contributed by atoms with van der Waals surface area (Å²) in [5, 5.41) is 0. The highest BCUT2D eigenvalue weighted by Gasteiger charge is 2.30. The lowest BCUT2D eigenvalue weighted by molar-refractivity contribution is -0.167. The smallest absolute Gasteiger partial charge is 0.320 e. The minimum absolute atomic E-state index is 0.251. The monoisotopic (exact) mass is 260 g/mol. The van der Waals surface area contributed by atoms with E-state index in [2.05, 4.69) is 0 Å². The fourth-order valence-corrected chi connectivity index (χ4v) is 1.31. The summed E-state index contributed by atoms with van der Waals surface area (Å²) >= 11 is 0. The second-order valence-corrected chi connectivity index (χ2v) is 4.51. The molecule has 0 amide bonds. The Hall–Kier alpha value is -1.10. The molecule has 5 nitrogen and oxygen atoms in total. The molecule has 0 bridgehead atoms. The van der Waals surface area contributed by atoms with E-state index in [4.69, 9.17) is 14.2 Å². The van der Waals surface area contributed by atoms with Crippen molar-refractivity contribution in [3.05, 3.63) is 0 Å². The molecule has 0 rings (SSSR count). The van der Waals surface area contributed by atoms with Gasteiger partial charge in [-0.1, -0.05) is 0 Å². The predicted molar refractivity (Wildman–Crippen MR) is 67.1 cm³/mol. The highest BCUT2D eigenvalue weighted by molar-refractivity contribution is 5.95. The molecule has 0 aromatic heterocycles. The number of ether oxygens (including phenoxy) is 3. The average molecular weight is 260 g/mol. The van der Waals surface area contributed by atoms with Gasteiger partial charge in [-0.25, -0.2) is 0 Å². The Balaban J connectivity index is 4.49. The zero-order valence-electron chi connectivity index (χ0n) is 11.9. The highest BCUT2D eigenvalue weighted by Crippen LogP contribution is 2.12. The molecule has 106 valence electrons. The Labute approximate surface area is 109 Å². The summed E-state index contributed by atoms with van der Waals surface area (Å²) in [5.74, 6) is -1.99. The van der Waals surface area contributed by atoms with E-state index < -0.39 is 17.9 Å². The van der Waals surface area contributed by atoms with Crippen LogP contribution in [0.4, 0.5) is 0 Å². The number of carbonyl (C=O) groups excluding carboxylic acids is 2. The first kappa shape index (κ1) is 16.9. The van der Waals surface area contributed by atoms with Gasteiger partial charge in [0.25, 0.3) is 0 Å². The van der Waals surface area contributed by atoms with Crippen molar-refractivity contribution in [2.75, 3.05) is 13.2 Å². The lowest BCUT2D eigenvalue weighted by Crippen LogP contribution is -2.32. The van der Waals surface area contributed by atoms with Gasteiger partial charge >= 0.3 is 11.9 Å². The molecule has 0 aromatic rings. The summed E-state index contributed by atoms with van der Waals surface area (Å²) in [5.41, 5.74) is 0. The topological polar surface area (TPSA) is 61.8 Å². The van der Waals surface area contributed by atoms with Crippen LogP contribution in [-0.2, 0) is 23.8 Å². The molecule has 0 fully saturated rings. The van der Waals surface area contributed by atoms with E-state index in [1.807, 2.05) is 6.92 Å². The van der Waals surface area contributed by atoms with Crippen molar-refractivity contribution in [2.24, 2.45) is 5.92 Å². The Bertz CT molecular complexity index is 238. The van der Waals surface area contributed by atoms with Crippen molar-refractivity contribution in [1.82, 2.24) is 0 Å². The van der Waals surface area contributed by atoms with Crippen molar-refractivity contribution in [2.45, 2.75) is 53.2 Å². The summed E-state index contributed by atoms with van der Waals surface area (Å²) in [6, 6.07) is 0. The van der Waals surface area contributed by atoms with Gasteiger partial charge in [0.15, 0.2) is 5.92 Å². The zero-order chi connectivity index (χ0) is 14.1. The van der Waals surface area contributed by atoms with E-state index >= 15 is 0 Å². The zero-order valence-corrected chi connectivity index (χ0v) is 11.9. The maximum atomic E-state index is 11.8. The van der Waals surface area contributed by atoms with Crippen molar-refractivity contribution >= 4 is 11.9 Å². The van der Waals surface area contributed by atoms with E-state index in [-0.39, 0.29) is 18.6 Å². The van der Waals surface area contributed by atoms with Crippen molar-refractivity contribution in [3.63, 3.8) is 0 Å². The lowest BCUT2D eigenvalue weighted by atomic mass is 10.1. The van der Waals surface area contributed by atoms with Crippen LogP contribution in [0.5, 0.6) is 0 Å². The van der Waals surface area contributed by atoms with Crippen LogP contribution in [0.15, 0.2) is 0 Å². The third kappa shape index (κ3) is 7.27. The molecule has 0 saturated carbocycles. The number of hydrogen-bond acceptors (Lipinski definition) is 5. The van der Waals surface area contributed by atoms with E-state index in [1.54, 1.807) is 27.7 Å². The second kappa shape index (κ2) is 8.91. The molecule has 0 aliphatic carbocycles. The predicted octanol–water partition coefficient (Wildman–Crippen LogP) is 1.93. The first-order valence-electron chi connectivity index (χ1n) is 6.37. The molecule has 0 radical (unpaired) electrons. The summed E-state index contributed by atoms with van der Waals surface area (Å²) in [7, 11) is 0. The molecule has 0 heterocycles. The Morgan fingerprint density at radius 2 is 1.39 bits per heavy atom. The van der Waals surface area contributed by atoms with Crippen LogP contribution >= 0.6 is 0 Å². The summed E-state index contributed by atoms with van der Waals surface area (Å²) < 4.78 is 15.3. The minimum atomic E-state index is -0.902. The fourth-order valence-electron chi connectivity index (χ4n) is 1.31. The molecule has 0 unspecified atom stereocenters. The molecule has 0 saturated heterocycles. The third-order valence-electron chi connectivity index (χ3n) is 2.03. The quantitative estimate of drug-likeness (QED) is 0.379. The third-order valence-corrected chi connectivity index (χ3v) is 2.03. The van der Waals surface area contributed by atoms with Gasteiger partial charge in [-0.15, -0.1) is 0 Å². The second-order valence-electron chi connectivity index (χ2n) is 4.51. The van der Waals surface area contributed by atoms with Crippen molar-refractivity contribution in [1.29, 1.82) is 0 Å². The van der Waals surface area contributed by atoms with Gasteiger partial charge in [-0.2, -0.15) is 0 Å². The molecular weight excluding hydrogens is 236 g/mol. The van der Waals surface area contributed by atoms with E-state index in [9.17, 15) is 9.59 Å². The van der Waals surface area contributed by atoms with Crippen molar-refractivity contribution < 1.29 is 23.8 Å². The maximum Gasteiger partial charge on any atom is 0.320 e. The van der Waals surface area contributed by atoms with E-state index in [0.717, 1.165) is 0 Å². The SMILES string of the molecule is CCOCCC(C(=O)OC(C)C)C(=O)OC(C)C. The first-order chi connectivity index (χ1) is 8.38. The Kier molecular flexibility index (Phi) is 8.37. The van der Waals surface area contributed by atoms with Gasteiger partial charge in [0.2, 0.25) is 0 Å². The molecule has 5 heteroatoms. The van der Waals surface area contributed by atoms with Gasteiger partial charge in [0, 0.05) is 13.2 Å². The van der Waals surface area contributed by atoms with Crippen LogP contribution < -0.4 is 0 Å². The minimum Gasteiger partial charge on any atom is -0.462 e. The Morgan fingerprint density at radius 1 is 0.944 bits per heavy atom. The van der Waals surface area contributed by atoms with Crippen LogP contribution in [0.2, 0.25) is 0 Å². The standard InChI is InChI=1S/C13H24O5/c1-6-16-8-7-11(12(14)17-9(2)3)13(15)18-10(4)5/h9-11H,6-8H2,1-5H3. The number of esters is 2. The highest BCUT2D eigenvalue weighted by atomic mass is 16.6. The van der Waals surface area contributed by atoms with Gasteiger partial charge in [-0.3, -0.25) is 9.59 Å². The Morgan fingerprint density at radius 3 is 1.72 bits per heavy atom. The lowest BCUT2D eigenvalue weighted by Gasteiger charge is -2.18. The normalized spacial score (nSPS) is 11.1. The molecule has 0 aliphatic rings. The summed E-state index contributed by atoms with van der Waals surface area (Å²) in [6.45, 7) is 9.70. The number of carbonyl (C=O) groups is 2.